The van der Waals surface area contributed by atoms with Gasteiger partial charge in [-0.25, -0.2) is 0 Å². The van der Waals surface area contributed by atoms with Gasteiger partial charge in [0.15, 0.2) is 5.78 Å². The molecule has 6 heteroatoms. The van der Waals surface area contributed by atoms with Crippen LogP contribution in [0, 0.1) is 22.0 Å². The van der Waals surface area contributed by atoms with Gasteiger partial charge in [0.05, 0.1) is 5.92 Å². The minimum atomic E-state index is -0.563. The molecule has 0 radical (unpaired) electrons. The van der Waals surface area contributed by atoms with Crippen LogP contribution in [0.25, 0.3) is 0 Å². The van der Waals surface area contributed by atoms with Crippen LogP contribution in [0.2, 0.25) is 0 Å². The molecule has 1 atom stereocenters. The Morgan fingerprint density at radius 1 is 1.42 bits per heavy atom. The molecule has 0 spiro atoms. The molecule has 1 saturated carbocycles. The van der Waals surface area contributed by atoms with Gasteiger partial charge in [0, 0.05) is 11.1 Å². The Hall–Kier alpha value is -1.85. The summed E-state index contributed by atoms with van der Waals surface area (Å²) in [4.78, 5) is 22.8. The maximum atomic E-state index is 12.4. The number of ketones is 1. The molecule has 1 heterocycles. The summed E-state index contributed by atoms with van der Waals surface area (Å²) in [6.07, 6.45) is 6.52. The van der Waals surface area contributed by atoms with E-state index in [-0.39, 0.29) is 23.9 Å². The van der Waals surface area contributed by atoms with Crippen molar-refractivity contribution < 1.29 is 9.72 Å². The fraction of sp³-hybridized carbons (Fsp3) is 0.615. The lowest BCUT2D eigenvalue weighted by Crippen LogP contribution is -2.32. The number of carbonyl (C=O) groups excluding carboxylic acids is 1. The minimum Gasteiger partial charge on any atom is -0.292 e. The summed E-state index contributed by atoms with van der Waals surface area (Å²) in [5.41, 5.74) is 0.236. The monoisotopic (exact) mass is 263 g/mol. The van der Waals surface area contributed by atoms with Crippen molar-refractivity contribution in [2.45, 2.75) is 32.1 Å². The van der Waals surface area contributed by atoms with Crippen LogP contribution in [0.3, 0.4) is 0 Å². The summed E-state index contributed by atoms with van der Waals surface area (Å²) in [6, 6.07) is 3.20. The van der Waals surface area contributed by atoms with E-state index in [9.17, 15) is 14.9 Å². The summed E-state index contributed by atoms with van der Waals surface area (Å²) in [6.45, 7) is -0.305. The van der Waals surface area contributed by atoms with Crippen LogP contribution in [0.1, 0.15) is 42.6 Å². The highest BCUT2D eigenvalue weighted by atomic mass is 16.6. The normalized spacial score (nSPS) is 17.9. The summed E-state index contributed by atoms with van der Waals surface area (Å²) in [5, 5.41) is 18.3. The van der Waals surface area contributed by atoms with Crippen molar-refractivity contribution in [1.82, 2.24) is 10.2 Å². The van der Waals surface area contributed by atoms with Gasteiger partial charge in [-0.05, 0) is 30.9 Å². The van der Waals surface area contributed by atoms with Crippen LogP contribution >= 0.6 is 0 Å². The number of hydrogen-bond acceptors (Lipinski definition) is 5. The Labute approximate surface area is 111 Å². The highest BCUT2D eigenvalue weighted by Crippen LogP contribution is 2.31. The lowest BCUT2D eigenvalue weighted by atomic mass is 9.77. The van der Waals surface area contributed by atoms with Gasteiger partial charge in [0.2, 0.25) is 6.54 Å². The Morgan fingerprint density at radius 2 is 2.16 bits per heavy atom. The second-order valence-corrected chi connectivity index (χ2v) is 4.99. The van der Waals surface area contributed by atoms with Crippen molar-refractivity contribution >= 4 is 5.78 Å². The van der Waals surface area contributed by atoms with Crippen molar-refractivity contribution in [1.29, 1.82) is 0 Å². The van der Waals surface area contributed by atoms with E-state index in [1.807, 2.05) is 0 Å². The average Bonchev–Trinajstić information content (AvgIpc) is 2.46. The first-order valence-electron chi connectivity index (χ1n) is 6.62. The van der Waals surface area contributed by atoms with Crippen molar-refractivity contribution in [2.75, 3.05) is 6.54 Å². The second-order valence-electron chi connectivity index (χ2n) is 4.99. The van der Waals surface area contributed by atoms with Gasteiger partial charge in [0.25, 0.3) is 0 Å². The first-order valence-corrected chi connectivity index (χ1v) is 6.62. The maximum absolute atomic E-state index is 12.4. The molecule has 102 valence electrons. The Morgan fingerprint density at radius 3 is 2.74 bits per heavy atom. The first kappa shape index (κ1) is 13.6. The van der Waals surface area contributed by atoms with E-state index < -0.39 is 10.8 Å². The Balaban J connectivity index is 2.16. The third-order valence-corrected chi connectivity index (χ3v) is 3.73. The minimum absolute atomic E-state index is 0.105. The highest BCUT2D eigenvalue weighted by molar-refractivity contribution is 5.96. The van der Waals surface area contributed by atoms with Gasteiger partial charge in [-0.3, -0.25) is 14.9 Å². The van der Waals surface area contributed by atoms with E-state index in [1.54, 1.807) is 12.1 Å². The lowest BCUT2D eigenvalue weighted by molar-refractivity contribution is -0.487. The molecule has 1 fully saturated rings. The number of nitro groups is 1. The van der Waals surface area contributed by atoms with Crippen LogP contribution in [-0.2, 0) is 0 Å². The molecule has 0 bridgehead atoms. The molecule has 19 heavy (non-hydrogen) atoms. The second kappa shape index (κ2) is 6.36. The van der Waals surface area contributed by atoms with Crippen LogP contribution in [0.15, 0.2) is 18.3 Å². The Bertz CT molecular complexity index is 444. The molecule has 0 aromatic carbocycles. The molecule has 0 amide bonds. The van der Waals surface area contributed by atoms with Crippen LogP contribution in [-0.4, -0.2) is 27.4 Å². The van der Waals surface area contributed by atoms with E-state index in [0.717, 1.165) is 32.1 Å². The molecule has 1 aliphatic carbocycles. The quantitative estimate of drug-likeness (QED) is 0.461. The molecule has 6 nitrogen and oxygen atoms in total. The largest absolute Gasteiger partial charge is 0.292 e. The van der Waals surface area contributed by atoms with Crippen molar-refractivity contribution in [3.8, 4) is 0 Å². The zero-order valence-corrected chi connectivity index (χ0v) is 10.7. The Kier molecular flexibility index (Phi) is 4.54. The van der Waals surface area contributed by atoms with E-state index >= 15 is 0 Å². The van der Waals surface area contributed by atoms with Crippen LogP contribution in [0.5, 0.6) is 0 Å². The molecule has 0 saturated heterocycles. The number of rotatable bonds is 5. The number of Topliss-reactive ketones (excluding diaryl/α,β-unsaturated/α-hetero) is 1. The SMILES string of the molecule is O=C(c1cccnn1)[C@H](C[N+](=O)[O-])C1CCCCC1. The fourth-order valence-electron chi connectivity index (χ4n) is 2.77. The molecule has 1 aromatic heterocycles. The number of nitrogens with zero attached hydrogens (tertiary/aromatic N) is 3. The average molecular weight is 263 g/mol. The van der Waals surface area contributed by atoms with Crippen molar-refractivity contribution in [3.63, 3.8) is 0 Å². The molecule has 1 aromatic rings. The summed E-state index contributed by atoms with van der Waals surface area (Å²) >= 11 is 0. The number of aromatic nitrogens is 2. The third kappa shape index (κ3) is 3.56. The van der Waals surface area contributed by atoms with E-state index in [2.05, 4.69) is 10.2 Å². The van der Waals surface area contributed by atoms with Gasteiger partial charge < -0.3 is 0 Å². The fourth-order valence-corrected chi connectivity index (χ4v) is 2.77. The molecular formula is C13H17N3O3. The first-order chi connectivity index (χ1) is 9.18. The number of carbonyl (C=O) groups is 1. The molecule has 0 unspecified atom stereocenters. The van der Waals surface area contributed by atoms with Crippen molar-refractivity contribution in [2.24, 2.45) is 11.8 Å². The molecule has 0 aliphatic heterocycles. The summed E-state index contributed by atoms with van der Waals surface area (Å²) in [7, 11) is 0. The van der Waals surface area contributed by atoms with E-state index in [0.29, 0.717) is 0 Å². The van der Waals surface area contributed by atoms with Gasteiger partial charge >= 0.3 is 0 Å². The maximum Gasteiger partial charge on any atom is 0.214 e. The molecule has 0 N–H and O–H groups in total. The van der Waals surface area contributed by atoms with Crippen molar-refractivity contribution in [3.05, 3.63) is 34.1 Å². The van der Waals surface area contributed by atoms with E-state index in [1.165, 1.54) is 6.20 Å². The van der Waals surface area contributed by atoms with Gasteiger partial charge in [-0.15, -0.1) is 5.10 Å². The summed E-state index contributed by atoms with van der Waals surface area (Å²) in [5.74, 6) is -0.697. The molecule has 1 aliphatic rings. The van der Waals surface area contributed by atoms with Gasteiger partial charge in [0.1, 0.15) is 5.69 Å². The van der Waals surface area contributed by atoms with E-state index in [4.69, 9.17) is 0 Å². The highest BCUT2D eigenvalue weighted by Gasteiger charge is 2.34. The third-order valence-electron chi connectivity index (χ3n) is 3.73. The topological polar surface area (TPSA) is 86.0 Å². The van der Waals surface area contributed by atoms with Crippen LogP contribution in [0.4, 0.5) is 0 Å². The van der Waals surface area contributed by atoms with Gasteiger partial charge in [-0.1, -0.05) is 19.3 Å². The lowest BCUT2D eigenvalue weighted by Gasteiger charge is -2.26. The summed E-state index contributed by atoms with van der Waals surface area (Å²) < 4.78 is 0. The predicted octanol–water partition coefficient (Wildman–Crippen LogP) is 2.13. The number of hydrogen-bond donors (Lipinski definition) is 0. The standard InChI is InChI=1S/C13H17N3O3/c17-13(12-7-4-8-14-15-12)11(9-16(18)19)10-5-2-1-3-6-10/h4,7-8,10-11H,1-3,5-6,9H2/t11-/m1/s1. The van der Waals surface area contributed by atoms with Crippen LogP contribution < -0.4 is 0 Å². The predicted molar refractivity (Wildman–Crippen MR) is 68.3 cm³/mol. The zero-order valence-electron chi connectivity index (χ0n) is 10.7. The van der Waals surface area contributed by atoms with Gasteiger partial charge in [-0.2, -0.15) is 5.10 Å². The molecular weight excluding hydrogens is 246 g/mol. The zero-order chi connectivity index (χ0) is 13.7. The molecule has 2 rings (SSSR count). The smallest absolute Gasteiger partial charge is 0.214 e.